The number of aromatic hydroxyl groups is 1. The Morgan fingerprint density at radius 3 is 2.79 bits per heavy atom. The fourth-order valence-corrected chi connectivity index (χ4v) is 3.56. The van der Waals surface area contributed by atoms with Gasteiger partial charge >= 0.3 is 10.2 Å². The topological polar surface area (TPSA) is 120 Å². The summed E-state index contributed by atoms with van der Waals surface area (Å²) in [6, 6.07) is 7.17. The van der Waals surface area contributed by atoms with E-state index in [4.69, 9.17) is 10.00 Å². The zero-order chi connectivity index (χ0) is 17.5. The zero-order valence-corrected chi connectivity index (χ0v) is 12.8. The number of benzene rings is 2. The molecule has 0 aromatic heterocycles. The Kier molecular flexibility index (Phi) is 3.65. The third kappa shape index (κ3) is 2.55. The summed E-state index contributed by atoms with van der Waals surface area (Å²) < 4.78 is 45.8. The molecule has 0 spiro atoms. The third-order valence-corrected chi connectivity index (χ3v) is 4.75. The summed E-state index contributed by atoms with van der Waals surface area (Å²) in [5, 5.41) is 18.8. The summed E-state index contributed by atoms with van der Waals surface area (Å²) in [4.78, 5) is 11.3. The van der Waals surface area contributed by atoms with Crippen LogP contribution in [-0.2, 0) is 15.0 Å². The number of fused-ring (bicyclic) bond motifs is 1. The number of carbonyl (C=O) groups excluding carboxylic acids is 1. The maximum absolute atomic E-state index is 14.8. The van der Waals surface area contributed by atoms with Crippen molar-refractivity contribution in [2.24, 2.45) is 0 Å². The first kappa shape index (κ1) is 15.8. The summed E-state index contributed by atoms with van der Waals surface area (Å²) in [6.07, 6.45) is 0. The van der Waals surface area contributed by atoms with Crippen molar-refractivity contribution in [1.82, 2.24) is 4.72 Å². The van der Waals surface area contributed by atoms with Crippen LogP contribution in [0.1, 0.15) is 0 Å². The number of nitrogens with zero attached hydrogens (tertiary/aromatic N) is 2. The molecule has 1 amide bonds. The average Bonchev–Trinajstić information content (AvgIpc) is 2.78. The van der Waals surface area contributed by atoms with Gasteiger partial charge in [0.05, 0.1) is 0 Å². The number of phenolic OH excluding ortho intramolecular Hbond substituents is 1. The smallest absolute Gasteiger partial charge is 0.326 e. The van der Waals surface area contributed by atoms with Gasteiger partial charge in [-0.15, -0.1) is 0 Å². The van der Waals surface area contributed by atoms with Gasteiger partial charge in [-0.3, -0.25) is 4.79 Å². The van der Waals surface area contributed by atoms with Crippen LogP contribution < -0.4 is 13.8 Å². The second-order valence-electron chi connectivity index (χ2n) is 4.92. The molecule has 1 aliphatic rings. The number of rotatable bonds is 3. The van der Waals surface area contributed by atoms with E-state index in [0.717, 1.165) is 0 Å². The average molecular weight is 351 g/mol. The molecule has 8 nitrogen and oxygen atoms in total. The third-order valence-electron chi connectivity index (χ3n) is 3.38. The van der Waals surface area contributed by atoms with Crippen LogP contribution in [0, 0.1) is 17.1 Å². The molecule has 2 N–H and O–H groups in total. The minimum Gasteiger partial charge on any atom is -0.506 e. The van der Waals surface area contributed by atoms with Crippen LogP contribution in [0.25, 0.3) is 10.8 Å². The monoisotopic (exact) mass is 351 g/mol. The van der Waals surface area contributed by atoms with E-state index in [1.165, 1.54) is 24.3 Å². The molecule has 1 saturated heterocycles. The second-order valence-corrected chi connectivity index (χ2v) is 6.52. The fraction of sp³-hybridized carbons (Fsp3) is 0.143. The van der Waals surface area contributed by atoms with E-state index >= 15 is 0 Å². The van der Waals surface area contributed by atoms with Gasteiger partial charge < -0.3 is 9.84 Å². The maximum atomic E-state index is 14.8. The molecular formula is C14H10FN3O5S. The van der Waals surface area contributed by atoms with Gasteiger partial charge in [-0.1, -0.05) is 6.07 Å². The molecule has 2 aromatic carbocycles. The van der Waals surface area contributed by atoms with E-state index in [1.807, 2.05) is 0 Å². The normalized spacial score (nSPS) is 16.0. The summed E-state index contributed by atoms with van der Waals surface area (Å²) >= 11 is 0. The van der Waals surface area contributed by atoms with E-state index in [-0.39, 0.29) is 17.7 Å². The van der Waals surface area contributed by atoms with Gasteiger partial charge in [-0.05, 0) is 23.6 Å². The minimum absolute atomic E-state index is 0.0206. The van der Waals surface area contributed by atoms with Crippen LogP contribution in [0.3, 0.4) is 0 Å². The number of hydrogen-bond acceptors (Lipinski definition) is 6. The maximum Gasteiger partial charge on any atom is 0.326 e. The summed E-state index contributed by atoms with van der Waals surface area (Å²) in [7, 11) is -4.27. The van der Waals surface area contributed by atoms with Crippen molar-refractivity contribution in [2.75, 3.05) is 17.5 Å². The molecule has 0 radical (unpaired) electrons. The predicted octanol–water partition coefficient (Wildman–Crippen LogP) is 0.768. The predicted molar refractivity (Wildman–Crippen MR) is 81.1 cm³/mol. The van der Waals surface area contributed by atoms with E-state index in [1.54, 1.807) is 10.8 Å². The van der Waals surface area contributed by atoms with Crippen LogP contribution in [0.4, 0.5) is 10.1 Å². The van der Waals surface area contributed by atoms with E-state index in [0.29, 0.717) is 9.69 Å². The highest BCUT2D eigenvalue weighted by atomic mass is 32.2. The lowest BCUT2D eigenvalue weighted by Crippen LogP contribution is -2.30. The van der Waals surface area contributed by atoms with Crippen molar-refractivity contribution in [3.63, 3.8) is 0 Å². The van der Waals surface area contributed by atoms with Crippen molar-refractivity contribution in [2.45, 2.75) is 0 Å². The number of amides is 1. The highest BCUT2D eigenvalue weighted by Gasteiger charge is 2.37. The molecule has 24 heavy (non-hydrogen) atoms. The Morgan fingerprint density at radius 2 is 2.17 bits per heavy atom. The summed E-state index contributed by atoms with van der Waals surface area (Å²) in [6.45, 7) is -0.875. The molecule has 2 aromatic rings. The fourth-order valence-electron chi connectivity index (χ4n) is 2.40. The first-order valence-corrected chi connectivity index (χ1v) is 8.06. The number of nitrogens with one attached hydrogen (secondary N) is 1. The minimum atomic E-state index is -4.27. The molecule has 10 heteroatoms. The van der Waals surface area contributed by atoms with Gasteiger partial charge in [0, 0.05) is 5.39 Å². The molecule has 1 heterocycles. The van der Waals surface area contributed by atoms with Gasteiger partial charge in [-0.2, -0.15) is 13.7 Å². The Hall–Kier alpha value is -3.06. The quantitative estimate of drug-likeness (QED) is 0.843. The van der Waals surface area contributed by atoms with Crippen LogP contribution in [-0.4, -0.2) is 32.6 Å². The highest BCUT2D eigenvalue weighted by molar-refractivity contribution is 7.92. The molecule has 0 bridgehead atoms. The number of ether oxygens (including phenoxy) is 1. The number of hydrogen-bond donors (Lipinski definition) is 2. The van der Waals surface area contributed by atoms with Gasteiger partial charge in [0.1, 0.15) is 29.8 Å². The van der Waals surface area contributed by atoms with Gasteiger partial charge in [0.25, 0.3) is 5.91 Å². The Balaban J connectivity index is 2.18. The number of carbonyl (C=O) groups is 1. The number of nitriles is 1. The Labute approximate surface area is 135 Å². The van der Waals surface area contributed by atoms with Gasteiger partial charge in [-0.25, -0.2) is 13.4 Å². The lowest BCUT2D eigenvalue weighted by atomic mass is 10.1. The first-order chi connectivity index (χ1) is 11.3. The lowest BCUT2D eigenvalue weighted by Gasteiger charge is -2.18. The molecule has 0 unspecified atom stereocenters. The number of anilines is 1. The Bertz CT molecular complexity index is 1000. The molecule has 124 valence electrons. The molecule has 0 aliphatic carbocycles. The van der Waals surface area contributed by atoms with E-state index in [9.17, 15) is 22.7 Å². The molecular weight excluding hydrogens is 341 g/mol. The van der Waals surface area contributed by atoms with Crippen molar-refractivity contribution in [1.29, 1.82) is 5.26 Å². The number of halogens is 1. The van der Waals surface area contributed by atoms with Gasteiger partial charge in [0.15, 0.2) is 12.4 Å². The standard InChI is InChI=1S/C14H10FN3O5S/c15-13-10-6-9(23-4-3-16)2-1-8(10)5-11(19)14(13)18-7-12(20)17-24(18,21)22/h1-2,5-6,19H,4,7H2,(H,17,20). The molecule has 1 fully saturated rings. The molecule has 0 saturated carbocycles. The van der Waals surface area contributed by atoms with Crippen LogP contribution in [0.5, 0.6) is 11.5 Å². The summed E-state index contributed by atoms with van der Waals surface area (Å²) in [5.41, 5.74) is -0.627. The largest absolute Gasteiger partial charge is 0.506 e. The van der Waals surface area contributed by atoms with Gasteiger partial charge in [0.2, 0.25) is 0 Å². The lowest BCUT2D eigenvalue weighted by molar-refractivity contribution is -0.117. The molecule has 1 aliphatic heterocycles. The first-order valence-electron chi connectivity index (χ1n) is 6.62. The van der Waals surface area contributed by atoms with E-state index in [2.05, 4.69) is 0 Å². The molecule has 0 atom stereocenters. The van der Waals surface area contributed by atoms with Crippen LogP contribution >= 0.6 is 0 Å². The van der Waals surface area contributed by atoms with E-state index < -0.39 is 39.9 Å². The van der Waals surface area contributed by atoms with Crippen molar-refractivity contribution >= 4 is 32.6 Å². The SMILES string of the molecule is N#CCOc1ccc2cc(O)c(N3CC(=O)NS3(=O)=O)c(F)c2c1. The zero-order valence-electron chi connectivity index (χ0n) is 12.0. The highest BCUT2D eigenvalue weighted by Crippen LogP contribution is 2.39. The van der Waals surface area contributed by atoms with Crippen LogP contribution in [0.15, 0.2) is 24.3 Å². The molecule has 3 rings (SSSR count). The Morgan fingerprint density at radius 1 is 1.42 bits per heavy atom. The second kappa shape index (κ2) is 5.54. The number of phenols is 1. The van der Waals surface area contributed by atoms with Crippen LogP contribution in [0.2, 0.25) is 0 Å². The van der Waals surface area contributed by atoms with Crippen molar-refractivity contribution < 1.29 is 27.4 Å². The van der Waals surface area contributed by atoms with Crippen molar-refractivity contribution in [3.8, 4) is 17.6 Å². The summed E-state index contributed by atoms with van der Waals surface area (Å²) in [5.74, 6) is -2.27. The van der Waals surface area contributed by atoms with Crippen molar-refractivity contribution in [3.05, 3.63) is 30.1 Å².